The van der Waals surface area contributed by atoms with E-state index in [1.807, 2.05) is 13.8 Å². The number of carbonyl (C=O) groups is 3. The molecule has 0 aliphatic heterocycles. The van der Waals surface area contributed by atoms with Crippen LogP contribution in [0, 0.1) is 11.8 Å². The molecule has 1 unspecified atom stereocenters. The highest BCUT2D eigenvalue weighted by atomic mass is 16.5. The largest absolute Gasteiger partial charge is 0.449 e. The van der Waals surface area contributed by atoms with Gasteiger partial charge in [0.1, 0.15) is 6.04 Å². The van der Waals surface area contributed by atoms with Crippen LogP contribution in [0.5, 0.6) is 0 Å². The average molecular weight is 313 g/mol. The van der Waals surface area contributed by atoms with Crippen LogP contribution in [0.25, 0.3) is 0 Å². The third kappa shape index (κ3) is 5.91. The molecule has 126 valence electrons. The number of hydrogen-bond acceptors (Lipinski definition) is 4. The summed E-state index contributed by atoms with van der Waals surface area (Å²) in [5.74, 6) is -0.630. The Kier molecular flexibility index (Phi) is 7.70. The standard InChI is InChI=1S/C15H27N3O4/c1-4-22-15(21)18-17-14(20)12(10(2)3)16-13(19)11-8-6-5-7-9-11/h10-12H,4-9H2,1-3H3,(H,16,19)(H,17,20)(H,18,21). The Labute approximate surface area is 131 Å². The topological polar surface area (TPSA) is 96.5 Å². The van der Waals surface area contributed by atoms with Crippen molar-refractivity contribution in [2.24, 2.45) is 11.8 Å². The molecule has 7 heteroatoms. The number of amides is 3. The zero-order valence-electron chi connectivity index (χ0n) is 13.6. The van der Waals surface area contributed by atoms with Gasteiger partial charge in [-0.1, -0.05) is 33.1 Å². The Bertz CT molecular complexity index is 392. The summed E-state index contributed by atoms with van der Waals surface area (Å²) >= 11 is 0. The maximum absolute atomic E-state index is 12.3. The highest BCUT2D eigenvalue weighted by Gasteiger charge is 2.28. The minimum absolute atomic E-state index is 0.0131. The van der Waals surface area contributed by atoms with Gasteiger partial charge in [-0.05, 0) is 25.7 Å². The summed E-state index contributed by atoms with van der Waals surface area (Å²) in [4.78, 5) is 35.5. The van der Waals surface area contributed by atoms with Crippen LogP contribution in [-0.2, 0) is 14.3 Å². The molecule has 1 aliphatic carbocycles. The molecular weight excluding hydrogens is 286 g/mol. The quantitative estimate of drug-likeness (QED) is 0.670. The van der Waals surface area contributed by atoms with E-state index >= 15 is 0 Å². The van der Waals surface area contributed by atoms with Crippen LogP contribution < -0.4 is 16.2 Å². The predicted molar refractivity (Wildman–Crippen MR) is 81.6 cm³/mol. The van der Waals surface area contributed by atoms with Gasteiger partial charge in [-0.2, -0.15) is 0 Å². The van der Waals surface area contributed by atoms with E-state index in [1.54, 1.807) is 6.92 Å². The molecule has 7 nitrogen and oxygen atoms in total. The van der Waals surface area contributed by atoms with Gasteiger partial charge in [0.2, 0.25) is 5.91 Å². The maximum Gasteiger partial charge on any atom is 0.426 e. The van der Waals surface area contributed by atoms with E-state index in [4.69, 9.17) is 0 Å². The number of nitrogens with one attached hydrogen (secondary N) is 3. The van der Waals surface area contributed by atoms with E-state index in [2.05, 4.69) is 20.9 Å². The van der Waals surface area contributed by atoms with Gasteiger partial charge in [0.05, 0.1) is 6.61 Å². The maximum atomic E-state index is 12.3. The zero-order chi connectivity index (χ0) is 16.5. The van der Waals surface area contributed by atoms with Crippen molar-refractivity contribution in [1.29, 1.82) is 0 Å². The molecule has 0 heterocycles. The van der Waals surface area contributed by atoms with E-state index < -0.39 is 18.0 Å². The summed E-state index contributed by atoms with van der Waals surface area (Å²) in [6, 6.07) is -0.684. The summed E-state index contributed by atoms with van der Waals surface area (Å²) in [7, 11) is 0. The molecule has 22 heavy (non-hydrogen) atoms. The normalized spacial score (nSPS) is 16.7. The fraction of sp³-hybridized carbons (Fsp3) is 0.800. The fourth-order valence-corrected chi connectivity index (χ4v) is 2.53. The summed E-state index contributed by atoms with van der Waals surface area (Å²) in [6.07, 6.45) is 4.30. The van der Waals surface area contributed by atoms with Crippen molar-refractivity contribution in [1.82, 2.24) is 16.2 Å². The molecular formula is C15H27N3O4. The smallest absolute Gasteiger partial charge is 0.426 e. The SMILES string of the molecule is CCOC(=O)NNC(=O)C(NC(=O)C1CCCCC1)C(C)C. The fourth-order valence-electron chi connectivity index (χ4n) is 2.53. The predicted octanol–water partition coefficient (Wildman–Crippen LogP) is 1.48. The highest BCUT2D eigenvalue weighted by Crippen LogP contribution is 2.24. The van der Waals surface area contributed by atoms with Gasteiger partial charge in [-0.3, -0.25) is 15.0 Å². The van der Waals surface area contributed by atoms with Crippen LogP contribution in [0.4, 0.5) is 4.79 Å². The third-order valence-electron chi connectivity index (χ3n) is 3.79. The number of rotatable bonds is 5. The lowest BCUT2D eigenvalue weighted by molar-refractivity contribution is -0.133. The minimum Gasteiger partial charge on any atom is -0.449 e. The van der Waals surface area contributed by atoms with Crippen LogP contribution in [0.2, 0.25) is 0 Å². The Balaban J connectivity index is 2.51. The van der Waals surface area contributed by atoms with Gasteiger partial charge in [0, 0.05) is 5.92 Å². The number of hydrogen-bond donors (Lipinski definition) is 3. The van der Waals surface area contributed by atoms with Gasteiger partial charge < -0.3 is 10.1 Å². The van der Waals surface area contributed by atoms with Crippen LogP contribution in [0.3, 0.4) is 0 Å². The van der Waals surface area contributed by atoms with Crippen molar-refractivity contribution >= 4 is 17.9 Å². The summed E-state index contributed by atoms with van der Waals surface area (Å²) < 4.78 is 4.66. The van der Waals surface area contributed by atoms with E-state index in [1.165, 1.54) is 6.42 Å². The van der Waals surface area contributed by atoms with Gasteiger partial charge in [-0.15, -0.1) is 0 Å². The van der Waals surface area contributed by atoms with Gasteiger partial charge in [0.25, 0.3) is 5.91 Å². The van der Waals surface area contributed by atoms with Gasteiger partial charge >= 0.3 is 6.09 Å². The van der Waals surface area contributed by atoms with Crippen molar-refractivity contribution in [3.8, 4) is 0 Å². The lowest BCUT2D eigenvalue weighted by Crippen LogP contribution is -2.55. The van der Waals surface area contributed by atoms with Crippen molar-refractivity contribution in [2.75, 3.05) is 6.61 Å². The third-order valence-corrected chi connectivity index (χ3v) is 3.79. The molecule has 0 saturated heterocycles. The van der Waals surface area contributed by atoms with Crippen LogP contribution in [0.15, 0.2) is 0 Å². The van der Waals surface area contributed by atoms with Crippen molar-refractivity contribution in [3.05, 3.63) is 0 Å². The molecule has 0 spiro atoms. The zero-order valence-corrected chi connectivity index (χ0v) is 13.6. The van der Waals surface area contributed by atoms with Gasteiger partial charge in [0.15, 0.2) is 0 Å². The monoisotopic (exact) mass is 313 g/mol. The average Bonchev–Trinajstić information content (AvgIpc) is 2.51. The molecule has 0 aromatic carbocycles. The molecule has 1 atom stereocenters. The molecule has 1 rings (SSSR count). The molecule has 1 saturated carbocycles. The second-order valence-corrected chi connectivity index (χ2v) is 5.90. The first-order valence-corrected chi connectivity index (χ1v) is 7.98. The number of ether oxygens (including phenoxy) is 1. The number of hydrazine groups is 1. The Morgan fingerprint density at radius 2 is 1.73 bits per heavy atom. The van der Waals surface area contributed by atoms with Crippen LogP contribution in [-0.4, -0.2) is 30.6 Å². The van der Waals surface area contributed by atoms with E-state index in [-0.39, 0.29) is 24.3 Å². The molecule has 1 fully saturated rings. The lowest BCUT2D eigenvalue weighted by Gasteiger charge is -2.26. The number of carbonyl (C=O) groups excluding carboxylic acids is 3. The first-order chi connectivity index (χ1) is 10.5. The molecule has 0 aromatic rings. The van der Waals surface area contributed by atoms with Crippen molar-refractivity contribution in [2.45, 2.75) is 58.9 Å². The van der Waals surface area contributed by atoms with E-state index in [0.29, 0.717) is 0 Å². The van der Waals surface area contributed by atoms with Crippen LogP contribution in [0.1, 0.15) is 52.9 Å². The molecule has 3 amide bonds. The second kappa shape index (κ2) is 9.27. The Hall–Kier alpha value is -1.79. The van der Waals surface area contributed by atoms with Crippen molar-refractivity contribution < 1.29 is 19.1 Å². The Morgan fingerprint density at radius 3 is 2.27 bits per heavy atom. The summed E-state index contributed by atoms with van der Waals surface area (Å²) in [5.41, 5.74) is 4.44. The summed E-state index contributed by atoms with van der Waals surface area (Å²) in [5, 5.41) is 2.80. The van der Waals surface area contributed by atoms with Gasteiger partial charge in [-0.25, -0.2) is 10.2 Å². The van der Waals surface area contributed by atoms with Crippen molar-refractivity contribution in [3.63, 3.8) is 0 Å². The molecule has 1 aliphatic rings. The highest BCUT2D eigenvalue weighted by molar-refractivity contribution is 5.89. The lowest BCUT2D eigenvalue weighted by atomic mass is 9.88. The van der Waals surface area contributed by atoms with E-state index in [9.17, 15) is 14.4 Å². The minimum atomic E-state index is -0.725. The second-order valence-electron chi connectivity index (χ2n) is 5.90. The van der Waals surface area contributed by atoms with Crippen LogP contribution >= 0.6 is 0 Å². The Morgan fingerprint density at radius 1 is 1.09 bits per heavy atom. The first kappa shape index (κ1) is 18.3. The first-order valence-electron chi connectivity index (χ1n) is 7.98. The molecule has 0 radical (unpaired) electrons. The molecule has 0 bridgehead atoms. The molecule has 3 N–H and O–H groups in total. The summed E-state index contributed by atoms with van der Waals surface area (Å²) in [6.45, 7) is 5.57. The van der Waals surface area contributed by atoms with E-state index in [0.717, 1.165) is 25.7 Å². The molecule has 0 aromatic heterocycles.